The first kappa shape index (κ1) is 33.5. The maximum absolute atomic E-state index is 11.6. The number of rotatable bonds is 10. The lowest BCUT2D eigenvalue weighted by atomic mass is 10.3. The van der Waals surface area contributed by atoms with E-state index in [1.807, 2.05) is 60.7 Å². The van der Waals surface area contributed by atoms with E-state index in [2.05, 4.69) is 17.4 Å². The summed E-state index contributed by atoms with van der Waals surface area (Å²) in [5.41, 5.74) is 0. The fraction of sp³-hybridized carbons (Fsp3) is 0.308. The Morgan fingerprint density at radius 1 is 0.711 bits per heavy atom. The van der Waals surface area contributed by atoms with Gasteiger partial charge in [0.25, 0.3) is 0 Å². The van der Waals surface area contributed by atoms with Gasteiger partial charge in [-0.3, -0.25) is 28.8 Å². The van der Waals surface area contributed by atoms with E-state index in [1.165, 1.54) is 11.8 Å². The van der Waals surface area contributed by atoms with Crippen molar-refractivity contribution in [2.24, 2.45) is 0 Å². The van der Waals surface area contributed by atoms with E-state index in [1.54, 1.807) is 0 Å². The second kappa shape index (κ2) is 20.4. The maximum atomic E-state index is 11.6. The van der Waals surface area contributed by atoms with Crippen molar-refractivity contribution in [2.75, 3.05) is 11.5 Å². The predicted molar refractivity (Wildman–Crippen MR) is 152 cm³/mol. The molecule has 38 heavy (non-hydrogen) atoms. The van der Waals surface area contributed by atoms with Gasteiger partial charge in [-0.15, -0.1) is 0 Å². The van der Waals surface area contributed by atoms with Crippen molar-refractivity contribution in [1.29, 1.82) is 0 Å². The Morgan fingerprint density at radius 3 is 1.58 bits per heavy atom. The number of ether oxygens (including phenoxy) is 1. The topological polar surface area (TPSA) is 132 Å². The number of hydrogen-bond donors (Lipinski definition) is 2. The third-order valence-corrected chi connectivity index (χ3v) is 7.18. The van der Waals surface area contributed by atoms with Crippen LogP contribution in [0.25, 0.3) is 0 Å². The van der Waals surface area contributed by atoms with Gasteiger partial charge in [-0.2, -0.15) is 12.6 Å². The van der Waals surface area contributed by atoms with E-state index < -0.39 is 17.9 Å². The molecule has 8 nitrogen and oxygen atoms in total. The third kappa shape index (κ3) is 17.8. The molecule has 12 heteroatoms. The van der Waals surface area contributed by atoms with Crippen molar-refractivity contribution in [3.8, 4) is 0 Å². The molecule has 2 aromatic carbocycles. The number of carboxylic acids is 1. The Morgan fingerprint density at radius 2 is 1.18 bits per heavy atom. The van der Waals surface area contributed by atoms with E-state index in [4.69, 9.17) is 5.11 Å². The minimum Gasteiger partial charge on any atom is -0.481 e. The number of aliphatic carboxylic acids is 1. The van der Waals surface area contributed by atoms with Crippen molar-refractivity contribution in [1.82, 2.24) is 0 Å². The Kier molecular flexibility index (Phi) is 18.0. The standard InChI is InChI=1S/C13H14O4S2.C9H10OS2.C4H4O3/c14-11(15)6-7-12(16)18-9-8-13(17)19-10-4-2-1-3-5-10;10-9(6-7-11)12-8-4-2-1-3-5-8;5-3-1-2-4(6)7-3/h1-5H,6-9H2,(H,14,15);1-5,11H,6-7H2;1-2H2. The minimum atomic E-state index is -0.982. The Balaban J connectivity index is 0.000000321. The van der Waals surface area contributed by atoms with Crippen LogP contribution in [0.5, 0.6) is 0 Å². The zero-order valence-electron chi connectivity index (χ0n) is 20.4. The number of carboxylic acid groups (broad SMARTS) is 1. The lowest BCUT2D eigenvalue weighted by Gasteiger charge is -2.00. The number of esters is 2. The summed E-state index contributed by atoms with van der Waals surface area (Å²) in [5.74, 6) is -0.754. The first-order valence-electron chi connectivity index (χ1n) is 11.4. The number of thioether (sulfide) groups is 3. The Bertz CT molecular complexity index is 1050. The molecule has 1 heterocycles. The highest BCUT2D eigenvalue weighted by molar-refractivity contribution is 8.15. The normalized spacial score (nSPS) is 11.8. The van der Waals surface area contributed by atoms with Crippen LogP contribution in [-0.2, 0) is 33.5 Å². The molecule has 3 rings (SSSR count). The summed E-state index contributed by atoms with van der Waals surface area (Å²) in [5, 5.41) is 8.42. The van der Waals surface area contributed by atoms with E-state index in [-0.39, 0.29) is 41.0 Å². The summed E-state index contributed by atoms with van der Waals surface area (Å²) in [6.07, 6.45) is 1.21. The quantitative estimate of drug-likeness (QED) is 0.160. The average Bonchev–Trinajstić information content (AvgIpc) is 3.27. The van der Waals surface area contributed by atoms with Crippen LogP contribution in [0.2, 0.25) is 0 Å². The highest BCUT2D eigenvalue weighted by Crippen LogP contribution is 2.21. The van der Waals surface area contributed by atoms with Crippen LogP contribution in [0, 0.1) is 0 Å². The van der Waals surface area contributed by atoms with Crippen molar-refractivity contribution < 1.29 is 38.6 Å². The molecule has 1 aliphatic rings. The predicted octanol–water partition coefficient (Wildman–Crippen LogP) is 5.30. The first-order valence-corrected chi connectivity index (χ1v) is 14.7. The van der Waals surface area contributed by atoms with Crippen molar-refractivity contribution in [3.63, 3.8) is 0 Å². The van der Waals surface area contributed by atoms with E-state index in [0.717, 1.165) is 33.3 Å². The van der Waals surface area contributed by atoms with Crippen LogP contribution in [0.15, 0.2) is 70.5 Å². The highest BCUT2D eigenvalue weighted by atomic mass is 32.2. The molecule has 0 spiro atoms. The highest BCUT2D eigenvalue weighted by Gasteiger charge is 2.19. The molecular weight excluding hydrogens is 569 g/mol. The second-order valence-corrected chi connectivity index (χ2v) is 11.1. The molecule has 1 N–H and O–H groups in total. The zero-order chi connectivity index (χ0) is 28.2. The van der Waals surface area contributed by atoms with Crippen LogP contribution >= 0.6 is 47.9 Å². The molecule has 204 valence electrons. The van der Waals surface area contributed by atoms with Gasteiger partial charge >= 0.3 is 17.9 Å². The minimum absolute atomic E-state index is 0.00438. The van der Waals surface area contributed by atoms with Crippen molar-refractivity contribution >= 4 is 81.2 Å². The number of carbonyl (C=O) groups excluding carboxylic acids is 5. The summed E-state index contributed by atoms with van der Waals surface area (Å²) in [7, 11) is 0. The van der Waals surface area contributed by atoms with Gasteiger partial charge in [-0.25, -0.2) is 0 Å². The molecule has 0 aromatic heterocycles. The molecule has 2 aromatic rings. The number of benzene rings is 2. The Labute approximate surface area is 239 Å². The van der Waals surface area contributed by atoms with Crippen LogP contribution in [-0.4, -0.2) is 49.9 Å². The van der Waals surface area contributed by atoms with Crippen LogP contribution < -0.4 is 0 Å². The summed E-state index contributed by atoms with van der Waals surface area (Å²) < 4.78 is 4.08. The number of carbonyl (C=O) groups is 6. The fourth-order valence-electron chi connectivity index (χ4n) is 2.40. The monoisotopic (exact) mass is 596 g/mol. The van der Waals surface area contributed by atoms with Gasteiger partial charge in [0.1, 0.15) is 0 Å². The molecule has 0 unspecified atom stereocenters. The van der Waals surface area contributed by atoms with Gasteiger partial charge in [-0.05, 0) is 30.0 Å². The fourth-order valence-corrected chi connectivity index (χ4v) is 5.16. The molecule has 1 saturated heterocycles. The number of cyclic esters (lactones) is 2. The molecule has 0 atom stereocenters. The summed E-state index contributed by atoms with van der Waals surface area (Å²) in [6, 6.07) is 19.0. The molecule has 0 amide bonds. The summed E-state index contributed by atoms with van der Waals surface area (Å²) >= 11 is 7.45. The summed E-state index contributed by atoms with van der Waals surface area (Å²) in [4.78, 5) is 66.2. The number of hydrogen-bond acceptors (Lipinski definition) is 11. The molecule has 0 aliphatic carbocycles. The second-order valence-electron chi connectivity index (χ2n) is 7.26. The molecule has 1 fully saturated rings. The van der Waals surface area contributed by atoms with Crippen LogP contribution in [0.4, 0.5) is 0 Å². The number of thiol groups is 1. The van der Waals surface area contributed by atoms with Gasteiger partial charge in [0.15, 0.2) is 15.3 Å². The third-order valence-electron chi connectivity index (χ3n) is 4.14. The summed E-state index contributed by atoms with van der Waals surface area (Å²) in [6.45, 7) is 0. The van der Waals surface area contributed by atoms with E-state index in [9.17, 15) is 28.8 Å². The van der Waals surface area contributed by atoms with Crippen LogP contribution in [0.1, 0.15) is 38.5 Å². The largest absolute Gasteiger partial charge is 0.481 e. The van der Waals surface area contributed by atoms with Gasteiger partial charge in [0.2, 0.25) is 0 Å². The molecule has 1 aliphatic heterocycles. The van der Waals surface area contributed by atoms with Crippen LogP contribution in [0.3, 0.4) is 0 Å². The van der Waals surface area contributed by atoms with Gasteiger partial charge in [0, 0.05) is 34.8 Å². The van der Waals surface area contributed by atoms with E-state index >= 15 is 0 Å². The molecule has 0 bridgehead atoms. The zero-order valence-corrected chi connectivity index (χ0v) is 23.8. The van der Waals surface area contributed by atoms with Gasteiger partial charge in [-0.1, -0.05) is 71.7 Å². The van der Waals surface area contributed by atoms with Gasteiger partial charge < -0.3 is 9.84 Å². The van der Waals surface area contributed by atoms with Gasteiger partial charge in [0.05, 0.1) is 19.3 Å². The first-order chi connectivity index (χ1) is 18.2. The molecule has 0 saturated carbocycles. The maximum Gasteiger partial charge on any atom is 0.314 e. The smallest absolute Gasteiger partial charge is 0.314 e. The lowest BCUT2D eigenvalue weighted by Crippen LogP contribution is -2.02. The van der Waals surface area contributed by atoms with Crippen molar-refractivity contribution in [2.45, 2.75) is 48.3 Å². The van der Waals surface area contributed by atoms with Crippen molar-refractivity contribution in [3.05, 3.63) is 60.7 Å². The molecular formula is C26H28O8S4. The average molecular weight is 597 g/mol. The lowest BCUT2D eigenvalue weighted by molar-refractivity contribution is -0.152. The Hall–Kier alpha value is -2.54. The van der Waals surface area contributed by atoms with E-state index in [0.29, 0.717) is 24.3 Å². The SMILES string of the molecule is O=C(CCS)Sc1ccccc1.O=C(O)CCC(=O)SCCC(=O)Sc1ccccc1.O=C1CCC(=O)O1. The molecule has 0 radical (unpaired) electrons.